The van der Waals surface area contributed by atoms with E-state index in [1.165, 1.54) is 6.20 Å². The first-order valence-electron chi connectivity index (χ1n) is 7.45. The second-order valence-electron chi connectivity index (χ2n) is 5.35. The first kappa shape index (κ1) is 14.3. The topological polar surface area (TPSA) is 94.1 Å². The molecule has 2 N–H and O–H groups in total. The lowest BCUT2D eigenvalue weighted by atomic mass is 10.1. The fourth-order valence-corrected chi connectivity index (χ4v) is 2.54. The van der Waals surface area contributed by atoms with E-state index in [-0.39, 0.29) is 5.91 Å². The van der Waals surface area contributed by atoms with Gasteiger partial charge < -0.3 is 14.8 Å². The molecule has 8 heteroatoms. The summed E-state index contributed by atoms with van der Waals surface area (Å²) in [4.78, 5) is 12.5. The van der Waals surface area contributed by atoms with Crippen LogP contribution in [0.5, 0.6) is 11.5 Å². The summed E-state index contributed by atoms with van der Waals surface area (Å²) in [6.07, 6.45) is 3.25. The number of benzene rings is 1. The average molecular weight is 325 g/mol. The minimum absolute atomic E-state index is 0.285. The second kappa shape index (κ2) is 5.73. The van der Waals surface area contributed by atoms with Gasteiger partial charge in [0.2, 0.25) is 0 Å². The fraction of sp³-hybridized carbons (Fsp3) is 0.188. The van der Waals surface area contributed by atoms with E-state index in [9.17, 15) is 4.79 Å². The van der Waals surface area contributed by atoms with Gasteiger partial charge in [-0.25, -0.2) is 0 Å². The number of anilines is 1. The number of amides is 1. The second-order valence-corrected chi connectivity index (χ2v) is 5.35. The Hall–Kier alpha value is -3.29. The number of hydrogen-bond acceptors (Lipinski definition) is 5. The van der Waals surface area contributed by atoms with E-state index < -0.39 is 0 Å². The zero-order chi connectivity index (χ0) is 16.5. The lowest BCUT2D eigenvalue weighted by molar-refractivity contribution is 0.102. The molecule has 122 valence electrons. The fourth-order valence-electron chi connectivity index (χ4n) is 2.54. The molecular formula is C16H15N5O3. The average Bonchev–Trinajstić information content (AvgIpc) is 3.23. The van der Waals surface area contributed by atoms with E-state index >= 15 is 0 Å². The number of ether oxygens (including phenoxy) is 2. The van der Waals surface area contributed by atoms with E-state index in [4.69, 9.17) is 9.47 Å². The number of aromatic nitrogens is 4. The Bertz CT molecular complexity index is 899. The van der Waals surface area contributed by atoms with Crippen LogP contribution in [0.3, 0.4) is 0 Å². The van der Waals surface area contributed by atoms with Crippen LogP contribution in [0.2, 0.25) is 0 Å². The van der Waals surface area contributed by atoms with E-state index in [1.54, 1.807) is 24.0 Å². The molecule has 0 saturated heterocycles. The summed E-state index contributed by atoms with van der Waals surface area (Å²) < 4.78 is 12.7. The molecule has 24 heavy (non-hydrogen) atoms. The molecule has 1 aliphatic heterocycles. The first-order valence-corrected chi connectivity index (χ1v) is 7.45. The van der Waals surface area contributed by atoms with E-state index in [1.807, 2.05) is 18.2 Å². The maximum Gasteiger partial charge on any atom is 0.260 e. The van der Waals surface area contributed by atoms with Gasteiger partial charge >= 0.3 is 0 Å². The summed E-state index contributed by atoms with van der Waals surface area (Å²) in [5.41, 5.74) is 1.83. The van der Waals surface area contributed by atoms with Gasteiger partial charge in [-0.15, -0.1) is 0 Å². The molecule has 1 aromatic carbocycles. The third-order valence-corrected chi connectivity index (χ3v) is 3.67. The van der Waals surface area contributed by atoms with Gasteiger partial charge in [0.25, 0.3) is 5.91 Å². The number of nitrogens with one attached hydrogen (secondary N) is 2. The van der Waals surface area contributed by atoms with Crippen LogP contribution in [0, 0.1) is 0 Å². The molecule has 0 spiro atoms. The van der Waals surface area contributed by atoms with Crippen LogP contribution < -0.4 is 14.8 Å². The Morgan fingerprint density at radius 2 is 2.08 bits per heavy atom. The number of H-pyrrole nitrogens is 1. The zero-order valence-electron chi connectivity index (χ0n) is 12.9. The van der Waals surface area contributed by atoms with Crippen molar-refractivity contribution >= 4 is 11.7 Å². The number of aryl methyl sites for hydroxylation is 1. The molecule has 1 aliphatic rings. The molecule has 0 unspecified atom stereocenters. The van der Waals surface area contributed by atoms with Crippen LogP contribution in [0.25, 0.3) is 11.3 Å². The maximum absolute atomic E-state index is 12.5. The highest BCUT2D eigenvalue weighted by Crippen LogP contribution is 2.34. The van der Waals surface area contributed by atoms with E-state index in [0.717, 1.165) is 5.56 Å². The van der Waals surface area contributed by atoms with Crippen molar-refractivity contribution in [2.45, 2.75) is 0 Å². The summed E-state index contributed by atoms with van der Waals surface area (Å²) >= 11 is 0. The van der Waals surface area contributed by atoms with Gasteiger partial charge in [-0.3, -0.25) is 14.6 Å². The highest BCUT2D eigenvalue weighted by atomic mass is 16.6. The normalized spacial score (nSPS) is 12.9. The molecule has 0 radical (unpaired) electrons. The quantitative estimate of drug-likeness (QED) is 0.766. The molecule has 0 fully saturated rings. The van der Waals surface area contributed by atoms with Crippen molar-refractivity contribution in [2.24, 2.45) is 7.05 Å². The minimum atomic E-state index is -0.285. The Kier molecular flexibility index (Phi) is 3.42. The molecule has 3 aromatic rings. The van der Waals surface area contributed by atoms with Crippen LogP contribution >= 0.6 is 0 Å². The van der Waals surface area contributed by atoms with Crippen LogP contribution in [0.15, 0.2) is 36.7 Å². The van der Waals surface area contributed by atoms with Crippen molar-refractivity contribution in [3.63, 3.8) is 0 Å². The molecule has 4 rings (SSSR count). The van der Waals surface area contributed by atoms with Gasteiger partial charge in [-0.05, 0) is 18.2 Å². The molecule has 3 heterocycles. The molecule has 1 amide bonds. The van der Waals surface area contributed by atoms with Gasteiger partial charge in [0.1, 0.15) is 13.2 Å². The Morgan fingerprint density at radius 3 is 2.88 bits per heavy atom. The molecule has 0 bridgehead atoms. The monoisotopic (exact) mass is 325 g/mol. The highest BCUT2D eigenvalue weighted by molar-refractivity contribution is 6.07. The van der Waals surface area contributed by atoms with E-state index in [0.29, 0.717) is 41.8 Å². The lowest BCUT2D eigenvalue weighted by Gasteiger charge is -2.18. The third kappa shape index (κ3) is 2.58. The Balaban J connectivity index is 1.63. The van der Waals surface area contributed by atoms with Crippen LogP contribution in [0.1, 0.15) is 10.4 Å². The Morgan fingerprint density at radius 1 is 1.25 bits per heavy atom. The predicted octanol–water partition coefficient (Wildman–Crippen LogP) is 1.83. The summed E-state index contributed by atoms with van der Waals surface area (Å²) in [5, 5.41) is 13.8. The molecule has 0 saturated carbocycles. The summed E-state index contributed by atoms with van der Waals surface area (Å²) in [7, 11) is 1.79. The van der Waals surface area contributed by atoms with Gasteiger partial charge in [-0.1, -0.05) is 0 Å². The largest absolute Gasteiger partial charge is 0.486 e. The number of nitrogens with zero attached hydrogens (tertiary/aromatic N) is 3. The SMILES string of the molecule is Cn1ccc(NC(=O)c2cn[nH]c2-c2ccc3c(c2)OCCO3)n1. The predicted molar refractivity (Wildman–Crippen MR) is 86.2 cm³/mol. The molecule has 0 aliphatic carbocycles. The third-order valence-electron chi connectivity index (χ3n) is 3.67. The zero-order valence-corrected chi connectivity index (χ0v) is 12.9. The number of hydrogen-bond donors (Lipinski definition) is 2. The number of carbonyl (C=O) groups excluding carboxylic acids is 1. The molecule has 8 nitrogen and oxygen atoms in total. The summed E-state index contributed by atoms with van der Waals surface area (Å²) in [5.74, 6) is 1.55. The van der Waals surface area contributed by atoms with Crippen molar-refractivity contribution < 1.29 is 14.3 Å². The molecule has 0 atom stereocenters. The summed E-state index contributed by atoms with van der Waals surface area (Å²) in [6, 6.07) is 7.24. The summed E-state index contributed by atoms with van der Waals surface area (Å²) in [6.45, 7) is 1.04. The van der Waals surface area contributed by atoms with Crippen molar-refractivity contribution in [3.05, 3.63) is 42.2 Å². The van der Waals surface area contributed by atoms with Crippen molar-refractivity contribution in [2.75, 3.05) is 18.5 Å². The smallest absolute Gasteiger partial charge is 0.260 e. The van der Waals surface area contributed by atoms with Crippen LogP contribution in [-0.4, -0.2) is 39.1 Å². The van der Waals surface area contributed by atoms with Gasteiger partial charge in [-0.2, -0.15) is 10.2 Å². The van der Waals surface area contributed by atoms with Crippen molar-refractivity contribution in [1.82, 2.24) is 20.0 Å². The number of fused-ring (bicyclic) bond motifs is 1. The first-order chi connectivity index (χ1) is 11.7. The van der Waals surface area contributed by atoms with Crippen LogP contribution in [0.4, 0.5) is 5.82 Å². The number of aromatic amines is 1. The van der Waals surface area contributed by atoms with E-state index in [2.05, 4.69) is 20.6 Å². The van der Waals surface area contributed by atoms with Gasteiger partial charge in [0, 0.05) is 24.9 Å². The number of carbonyl (C=O) groups is 1. The molecule has 2 aromatic heterocycles. The van der Waals surface area contributed by atoms with Crippen molar-refractivity contribution in [3.8, 4) is 22.8 Å². The van der Waals surface area contributed by atoms with Gasteiger partial charge in [0.05, 0.1) is 17.5 Å². The Labute approximate surface area is 137 Å². The van der Waals surface area contributed by atoms with Crippen LogP contribution in [-0.2, 0) is 7.05 Å². The maximum atomic E-state index is 12.5. The van der Waals surface area contributed by atoms with Gasteiger partial charge in [0.15, 0.2) is 17.3 Å². The number of rotatable bonds is 3. The molecular weight excluding hydrogens is 310 g/mol. The highest BCUT2D eigenvalue weighted by Gasteiger charge is 2.19. The minimum Gasteiger partial charge on any atom is -0.486 e. The standard InChI is InChI=1S/C16H15N5O3/c1-21-5-4-14(20-21)18-16(22)11-9-17-19-15(11)10-2-3-12-13(8-10)24-7-6-23-12/h2-5,8-9H,6-7H2,1H3,(H,17,19)(H,18,20,22). The lowest BCUT2D eigenvalue weighted by Crippen LogP contribution is -2.15. The van der Waals surface area contributed by atoms with Crippen molar-refractivity contribution in [1.29, 1.82) is 0 Å².